The predicted molar refractivity (Wildman–Crippen MR) is 136 cm³/mol. The van der Waals surface area contributed by atoms with Crippen LogP contribution in [0, 0.1) is 0 Å². The predicted octanol–water partition coefficient (Wildman–Crippen LogP) is 3.94. The summed E-state index contributed by atoms with van der Waals surface area (Å²) in [4.78, 5) is 6.49. The third-order valence-electron chi connectivity index (χ3n) is 6.36. The molecule has 0 unspecified atom stereocenters. The van der Waals surface area contributed by atoms with E-state index in [-0.39, 0.29) is 6.61 Å². The molecule has 1 fully saturated rings. The highest BCUT2D eigenvalue weighted by Gasteiger charge is 2.42. The Bertz CT molecular complexity index is 1090. The van der Waals surface area contributed by atoms with Crippen molar-refractivity contribution in [2.45, 2.75) is 51.0 Å². The quantitative estimate of drug-likeness (QED) is 0.389. The number of rotatable bonds is 11. The van der Waals surface area contributed by atoms with Crippen LogP contribution in [-0.2, 0) is 19.5 Å². The molecule has 2 heterocycles. The summed E-state index contributed by atoms with van der Waals surface area (Å²) in [5, 5.41) is 22.2. The van der Waals surface area contributed by atoms with Crippen LogP contribution in [-0.4, -0.2) is 62.7 Å². The van der Waals surface area contributed by atoms with Crippen LogP contribution in [0.25, 0.3) is 0 Å². The SMILES string of the molecule is CCc1nccn1CCCOc1cccc(CN2CC[C@H](O)[C@@](O)(COc3cccc(Cl)c3)C2)c1. The highest BCUT2D eigenvalue weighted by molar-refractivity contribution is 6.30. The fourth-order valence-electron chi connectivity index (χ4n) is 4.46. The topological polar surface area (TPSA) is 80.0 Å². The number of hydrogen-bond donors (Lipinski definition) is 2. The number of aliphatic hydroxyl groups excluding tert-OH is 1. The first-order valence-corrected chi connectivity index (χ1v) is 12.6. The van der Waals surface area contributed by atoms with Crippen LogP contribution in [0.15, 0.2) is 60.9 Å². The summed E-state index contributed by atoms with van der Waals surface area (Å²) in [6.45, 7) is 5.26. The van der Waals surface area contributed by atoms with Gasteiger partial charge in [0.1, 0.15) is 29.5 Å². The number of aliphatic hydroxyl groups is 2. The summed E-state index contributed by atoms with van der Waals surface area (Å²) in [5.74, 6) is 2.50. The van der Waals surface area contributed by atoms with Gasteiger partial charge in [-0.2, -0.15) is 0 Å². The van der Waals surface area contributed by atoms with Gasteiger partial charge in [0, 0.05) is 50.0 Å². The zero-order valence-electron chi connectivity index (χ0n) is 20.1. The first-order chi connectivity index (χ1) is 16.9. The van der Waals surface area contributed by atoms with E-state index in [1.165, 1.54) is 0 Å². The number of β-amino-alcohol motifs (C(OH)–C–C–N with tert-alkyl or cyclic N) is 1. The zero-order chi connectivity index (χ0) is 24.7. The van der Waals surface area contributed by atoms with E-state index >= 15 is 0 Å². The minimum absolute atomic E-state index is 0.00911. The lowest BCUT2D eigenvalue weighted by Crippen LogP contribution is -2.59. The van der Waals surface area contributed by atoms with Gasteiger partial charge in [0.2, 0.25) is 0 Å². The summed E-state index contributed by atoms with van der Waals surface area (Å²) < 4.78 is 13.9. The third kappa shape index (κ3) is 6.98. The van der Waals surface area contributed by atoms with Gasteiger partial charge in [-0.25, -0.2) is 4.98 Å². The molecule has 2 atom stereocenters. The van der Waals surface area contributed by atoms with Crippen molar-refractivity contribution in [3.63, 3.8) is 0 Å². The minimum Gasteiger partial charge on any atom is -0.494 e. The van der Waals surface area contributed by atoms with Crippen LogP contribution in [0.2, 0.25) is 5.02 Å². The standard InChI is InChI=1S/C27H34ClN3O4/c1-2-26-29-11-14-31(26)12-5-15-34-23-8-3-6-21(16-23)18-30-13-10-25(32)27(33,19-30)20-35-24-9-4-7-22(28)17-24/h3-4,6-9,11,14,16-17,25,32-33H,2,5,10,12-13,15,18-20H2,1H3/t25-,27-/m0/s1. The largest absolute Gasteiger partial charge is 0.494 e. The number of aryl methyl sites for hydroxylation is 2. The Morgan fingerprint density at radius 1 is 1.14 bits per heavy atom. The van der Waals surface area contributed by atoms with Gasteiger partial charge in [0.15, 0.2) is 0 Å². The molecule has 1 aromatic heterocycles. The molecule has 0 aliphatic carbocycles. The summed E-state index contributed by atoms with van der Waals surface area (Å²) >= 11 is 6.02. The highest BCUT2D eigenvalue weighted by Crippen LogP contribution is 2.26. The Hall–Kier alpha value is -2.58. The van der Waals surface area contributed by atoms with Gasteiger partial charge in [0.25, 0.3) is 0 Å². The monoisotopic (exact) mass is 499 g/mol. The van der Waals surface area contributed by atoms with Crippen molar-refractivity contribution in [3.05, 3.63) is 77.3 Å². The molecule has 8 heteroatoms. The Morgan fingerprint density at radius 3 is 2.74 bits per heavy atom. The molecule has 0 amide bonds. The molecule has 35 heavy (non-hydrogen) atoms. The molecule has 1 saturated heterocycles. The summed E-state index contributed by atoms with van der Waals surface area (Å²) in [6, 6.07) is 15.1. The molecular formula is C27H34ClN3O4. The highest BCUT2D eigenvalue weighted by atomic mass is 35.5. The van der Waals surface area contributed by atoms with Gasteiger partial charge in [-0.1, -0.05) is 36.7 Å². The van der Waals surface area contributed by atoms with Crippen molar-refractivity contribution in [1.82, 2.24) is 14.5 Å². The fourth-order valence-corrected chi connectivity index (χ4v) is 4.64. The fraction of sp³-hybridized carbons (Fsp3) is 0.444. The van der Waals surface area contributed by atoms with Gasteiger partial charge in [-0.3, -0.25) is 4.90 Å². The number of ether oxygens (including phenoxy) is 2. The Balaban J connectivity index is 1.28. The van der Waals surface area contributed by atoms with Gasteiger partial charge < -0.3 is 24.3 Å². The van der Waals surface area contributed by atoms with Gasteiger partial charge in [0.05, 0.1) is 12.7 Å². The number of halogens is 1. The molecule has 0 spiro atoms. The average molecular weight is 500 g/mol. The second-order valence-electron chi connectivity index (χ2n) is 9.10. The van der Waals surface area contributed by atoms with Gasteiger partial charge in [-0.15, -0.1) is 0 Å². The molecular weight excluding hydrogens is 466 g/mol. The van der Waals surface area contributed by atoms with E-state index in [4.69, 9.17) is 21.1 Å². The Labute approximate surface area is 211 Å². The van der Waals surface area contributed by atoms with Crippen molar-refractivity contribution in [1.29, 1.82) is 0 Å². The molecule has 1 aliphatic rings. The van der Waals surface area contributed by atoms with Crippen molar-refractivity contribution >= 4 is 11.6 Å². The normalized spacial score (nSPS) is 20.6. The van der Waals surface area contributed by atoms with Crippen LogP contribution in [0.5, 0.6) is 11.5 Å². The van der Waals surface area contributed by atoms with E-state index < -0.39 is 11.7 Å². The number of piperidine rings is 1. The number of likely N-dealkylation sites (tertiary alicyclic amines) is 1. The van der Waals surface area contributed by atoms with Crippen LogP contribution >= 0.6 is 11.6 Å². The van der Waals surface area contributed by atoms with E-state index in [0.717, 1.165) is 36.5 Å². The average Bonchev–Trinajstić information content (AvgIpc) is 3.31. The maximum Gasteiger partial charge on any atom is 0.137 e. The molecule has 188 valence electrons. The van der Waals surface area contributed by atoms with Crippen molar-refractivity contribution in [2.24, 2.45) is 0 Å². The Kier molecular flexibility index (Phi) is 8.68. The molecule has 2 aromatic carbocycles. The van der Waals surface area contributed by atoms with E-state index in [9.17, 15) is 10.2 Å². The number of imidazole rings is 1. The van der Waals surface area contributed by atoms with E-state index in [1.54, 1.807) is 24.3 Å². The summed E-state index contributed by atoms with van der Waals surface area (Å²) in [7, 11) is 0. The lowest BCUT2D eigenvalue weighted by Gasteiger charge is -2.42. The molecule has 2 N–H and O–H groups in total. The lowest BCUT2D eigenvalue weighted by atomic mass is 9.90. The maximum atomic E-state index is 11.2. The number of benzene rings is 2. The molecule has 7 nitrogen and oxygen atoms in total. The van der Waals surface area contributed by atoms with E-state index in [0.29, 0.717) is 43.4 Å². The molecule has 0 radical (unpaired) electrons. The molecule has 0 bridgehead atoms. The minimum atomic E-state index is -1.36. The summed E-state index contributed by atoms with van der Waals surface area (Å²) in [5.41, 5.74) is -0.265. The first-order valence-electron chi connectivity index (χ1n) is 12.2. The van der Waals surface area contributed by atoms with Crippen molar-refractivity contribution < 1.29 is 19.7 Å². The number of nitrogens with zero attached hydrogens (tertiary/aromatic N) is 3. The molecule has 3 aromatic rings. The van der Waals surface area contributed by atoms with Crippen molar-refractivity contribution in [2.75, 3.05) is 26.3 Å². The van der Waals surface area contributed by atoms with Crippen LogP contribution in [0.4, 0.5) is 0 Å². The number of hydrogen-bond acceptors (Lipinski definition) is 6. The van der Waals surface area contributed by atoms with Gasteiger partial charge in [-0.05, 0) is 48.7 Å². The van der Waals surface area contributed by atoms with E-state index in [1.807, 2.05) is 30.6 Å². The lowest BCUT2D eigenvalue weighted by molar-refractivity contribution is -0.140. The number of aromatic nitrogens is 2. The first kappa shape index (κ1) is 25.5. The smallest absolute Gasteiger partial charge is 0.137 e. The second kappa shape index (κ2) is 11.9. The van der Waals surface area contributed by atoms with Crippen LogP contribution < -0.4 is 9.47 Å². The van der Waals surface area contributed by atoms with Crippen LogP contribution in [0.1, 0.15) is 31.2 Å². The van der Waals surface area contributed by atoms with E-state index in [2.05, 4.69) is 27.4 Å². The maximum absolute atomic E-state index is 11.2. The molecule has 1 aliphatic heterocycles. The van der Waals surface area contributed by atoms with Crippen molar-refractivity contribution in [3.8, 4) is 11.5 Å². The summed E-state index contributed by atoms with van der Waals surface area (Å²) in [6.07, 6.45) is 5.29. The Morgan fingerprint density at radius 2 is 1.94 bits per heavy atom. The third-order valence-corrected chi connectivity index (χ3v) is 6.59. The van der Waals surface area contributed by atoms with Crippen LogP contribution in [0.3, 0.4) is 0 Å². The molecule has 0 saturated carbocycles. The molecule has 4 rings (SSSR count). The van der Waals surface area contributed by atoms with Gasteiger partial charge >= 0.3 is 0 Å². The second-order valence-corrected chi connectivity index (χ2v) is 9.54. The zero-order valence-corrected chi connectivity index (χ0v) is 20.9.